The summed E-state index contributed by atoms with van der Waals surface area (Å²) in [5, 5.41) is 0. The van der Waals surface area contributed by atoms with Crippen LogP contribution in [0.5, 0.6) is 0 Å². The summed E-state index contributed by atoms with van der Waals surface area (Å²) in [5.41, 5.74) is 0. The van der Waals surface area contributed by atoms with Crippen molar-refractivity contribution in [2.45, 2.75) is 284 Å². The molecular formula is C75H120O6. The Hall–Kier alpha value is -4.97. The van der Waals surface area contributed by atoms with E-state index in [1.807, 2.05) is 6.08 Å². The first kappa shape index (κ1) is 76.0. The number of carbonyl (C=O) groups excluding carboxylic acids is 3. The highest BCUT2D eigenvalue weighted by atomic mass is 16.6. The number of unbranched alkanes of at least 4 members (excludes halogenated alkanes) is 21. The van der Waals surface area contributed by atoms with Gasteiger partial charge in [0.1, 0.15) is 13.2 Å². The minimum atomic E-state index is -0.830. The summed E-state index contributed by atoms with van der Waals surface area (Å²) in [6.07, 6.45) is 98.3. The maximum absolute atomic E-state index is 12.9. The fourth-order valence-electron chi connectivity index (χ4n) is 8.64. The van der Waals surface area contributed by atoms with Gasteiger partial charge in [-0.1, -0.05) is 281 Å². The molecule has 0 saturated carbocycles. The Morgan fingerprint density at radius 3 is 0.840 bits per heavy atom. The summed E-state index contributed by atoms with van der Waals surface area (Å²) >= 11 is 0. The zero-order valence-electron chi connectivity index (χ0n) is 52.2. The fraction of sp³-hybridized carbons (Fsp3) is 0.613. The van der Waals surface area contributed by atoms with E-state index >= 15 is 0 Å². The van der Waals surface area contributed by atoms with Crippen LogP contribution in [0.1, 0.15) is 278 Å². The van der Waals surface area contributed by atoms with Crippen LogP contribution in [0.3, 0.4) is 0 Å². The van der Waals surface area contributed by atoms with E-state index in [-0.39, 0.29) is 37.5 Å². The average molecular weight is 1120 g/mol. The van der Waals surface area contributed by atoms with Crippen molar-refractivity contribution in [2.75, 3.05) is 13.2 Å². The van der Waals surface area contributed by atoms with Gasteiger partial charge in [0.25, 0.3) is 0 Å². The molecule has 0 aromatic carbocycles. The second kappa shape index (κ2) is 67.5. The predicted octanol–water partition coefficient (Wildman–Crippen LogP) is 22.9. The van der Waals surface area contributed by atoms with Crippen molar-refractivity contribution in [3.63, 3.8) is 0 Å². The molecule has 0 aromatic rings. The van der Waals surface area contributed by atoms with Gasteiger partial charge in [0, 0.05) is 19.3 Å². The number of hydrogen-bond acceptors (Lipinski definition) is 6. The van der Waals surface area contributed by atoms with Gasteiger partial charge < -0.3 is 14.2 Å². The third kappa shape index (κ3) is 65.7. The van der Waals surface area contributed by atoms with Crippen molar-refractivity contribution in [2.24, 2.45) is 0 Å². The maximum atomic E-state index is 12.9. The van der Waals surface area contributed by atoms with E-state index in [0.29, 0.717) is 19.3 Å². The summed E-state index contributed by atoms with van der Waals surface area (Å²) in [4.78, 5) is 38.4. The molecular weight excluding hydrogens is 997 g/mol. The molecule has 1 atom stereocenters. The molecule has 0 rings (SSSR count). The van der Waals surface area contributed by atoms with Gasteiger partial charge in [-0.15, -0.1) is 0 Å². The summed E-state index contributed by atoms with van der Waals surface area (Å²) in [6.45, 7) is 6.33. The van der Waals surface area contributed by atoms with Gasteiger partial charge in [-0.2, -0.15) is 0 Å². The predicted molar refractivity (Wildman–Crippen MR) is 352 cm³/mol. The van der Waals surface area contributed by atoms with Crippen LogP contribution in [-0.4, -0.2) is 37.2 Å². The van der Waals surface area contributed by atoms with Crippen LogP contribution in [0.25, 0.3) is 0 Å². The molecule has 0 aromatic heterocycles. The molecule has 0 saturated heterocycles. The Labute approximate surface area is 499 Å². The molecule has 0 aliphatic carbocycles. The summed E-state index contributed by atoms with van der Waals surface area (Å²) in [7, 11) is 0. The van der Waals surface area contributed by atoms with E-state index in [1.54, 1.807) is 0 Å². The van der Waals surface area contributed by atoms with Crippen molar-refractivity contribution < 1.29 is 28.6 Å². The second-order valence-corrected chi connectivity index (χ2v) is 21.3. The number of hydrogen-bond donors (Lipinski definition) is 0. The molecule has 0 N–H and O–H groups in total. The number of rotatable bonds is 58. The zero-order valence-corrected chi connectivity index (χ0v) is 52.2. The number of carbonyl (C=O) groups is 3. The first-order valence-electron chi connectivity index (χ1n) is 33.0. The fourth-order valence-corrected chi connectivity index (χ4v) is 8.64. The minimum absolute atomic E-state index is 0.122. The van der Waals surface area contributed by atoms with E-state index in [4.69, 9.17) is 14.2 Å². The zero-order chi connectivity index (χ0) is 58.5. The lowest BCUT2D eigenvalue weighted by atomic mass is 10.1. The maximum Gasteiger partial charge on any atom is 0.306 e. The van der Waals surface area contributed by atoms with Crippen molar-refractivity contribution in [3.8, 4) is 0 Å². The van der Waals surface area contributed by atoms with Crippen molar-refractivity contribution in [3.05, 3.63) is 158 Å². The van der Waals surface area contributed by atoms with Crippen molar-refractivity contribution >= 4 is 17.9 Å². The Morgan fingerprint density at radius 2 is 0.506 bits per heavy atom. The van der Waals surface area contributed by atoms with Gasteiger partial charge in [0.15, 0.2) is 6.10 Å². The van der Waals surface area contributed by atoms with Gasteiger partial charge in [-0.25, -0.2) is 0 Å². The number of ether oxygens (including phenoxy) is 3. The van der Waals surface area contributed by atoms with Crippen molar-refractivity contribution in [1.82, 2.24) is 0 Å². The SMILES string of the molecule is CC/C=C\C/C=C\C/C=C\C/C=C\C/C=C\C/C=C\CCCCCCC(=O)OCC(COC(=O)CC/C=C\C/C=C\C/C=C\C/C=C\C/C=C\C/C=C\CC)OC(=O)CCCCCCCCCCC/C=C\CCCCCCCCCC. The van der Waals surface area contributed by atoms with E-state index in [2.05, 4.69) is 173 Å². The standard InChI is InChI=1S/C75H120O6/c1-4-7-10-13-16-19-22-25-28-31-34-36-37-39-41-44-47-50-53-56-59-62-65-68-74(77)80-71-72(70-79-73(76)67-64-61-58-55-52-49-46-43-40-33-30-27-24-21-18-15-12-9-6-3)81-75(78)69-66-63-60-57-54-51-48-45-42-38-35-32-29-26-23-20-17-14-11-8-5-2/h7,9-10,12,16,18-19,21,25,27-28,30,32,34-36,39-41,43,47,49-50,52,58,61,72H,4-6,8,11,13-15,17,20,22-24,26,29,31,33,37-38,42,44-46,48,51,53-57,59-60,62-71H2,1-3H3/b10-7-,12-9-,19-16-,21-18-,28-25-,30-27-,35-32-,36-34-,41-39-,43-40-,50-47-,52-49-,61-58-. The molecule has 1 unspecified atom stereocenters. The van der Waals surface area contributed by atoms with Crippen LogP contribution in [-0.2, 0) is 28.6 Å². The molecule has 81 heavy (non-hydrogen) atoms. The first-order chi connectivity index (χ1) is 40.0. The Bertz CT molecular complexity index is 1810. The lowest BCUT2D eigenvalue weighted by molar-refractivity contribution is -0.166. The molecule has 0 radical (unpaired) electrons. The van der Waals surface area contributed by atoms with E-state index in [1.165, 1.54) is 103 Å². The van der Waals surface area contributed by atoms with Gasteiger partial charge in [-0.05, 0) is 135 Å². The van der Waals surface area contributed by atoms with Crippen molar-refractivity contribution in [1.29, 1.82) is 0 Å². The highest BCUT2D eigenvalue weighted by Gasteiger charge is 2.19. The van der Waals surface area contributed by atoms with E-state index < -0.39 is 6.10 Å². The molecule has 0 aliphatic heterocycles. The van der Waals surface area contributed by atoms with Gasteiger partial charge >= 0.3 is 17.9 Å². The summed E-state index contributed by atoms with van der Waals surface area (Å²) in [6, 6.07) is 0. The average Bonchev–Trinajstić information content (AvgIpc) is 3.47. The lowest BCUT2D eigenvalue weighted by Crippen LogP contribution is -2.30. The molecule has 0 heterocycles. The largest absolute Gasteiger partial charge is 0.462 e. The monoisotopic (exact) mass is 1120 g/mol. The van der Waals surface area contributed by atoms with Gasteiger partial charge in [-0.3, -0.25) is 14.4 Å². The number of allylic oxidation sites excluding steroid dienone is 26. The minimum Gasteiger partial charge on any atom is -0.462 e. The smallest absolute Gasteiger partial charge is 0.306 e. The first-order valence-corrected chi connectivity index (χ1v) is 33.0. The Balaban J connectivity index is 4.56. The summed E-state index contributed by atoms with van der Waals surface area (Å²) < 4.78 is 16.9. The Morgan fingerprint density at radius 1 is 0.259 bits per heavy atom. The topological polar surface area (TPSA) is 78.9 Å². The molecule has 0 aliphatic rings. The molecule has 0 spiro atoms. The third-order valence-corrected chi connectivity index (χ3v) is 13.5. The molecule has 0 bridgehead atoms. The molecule has 6 nitrogen and oxygen atoms in total. The van der Waals surface area contributed by atoms with E-state index in [9.17, 15) is 14.4 Å². The summed E-state index contributed by atoms with van der Waals surface area (Å²) in [5.74, 6) is -1.03. The quantitative estimate of drug-likeness (QED) is 0.0261. The van der Waals surface area contributed by atoms with Gasteiger partial charge in [0.05, 0.1) is 0 Å². The van der Waals surface area contributed by atoms with Gasteiger partial charge in [0.2, 0.25) is 0 Å². The highest BCUT2D eigenvalue weighted by Crippen LogP contribution is 2.15. The lowest BCUT2D eigenvalue weighted by Gasteiger charge is -2.18. The number of esters is 3. The second-order valence-electron chi connectivity index (χ2n) is 21.3. The Kier molecular flexibility index (Phi) is 63.4. The van der Waals surface area contributed by atoms with Crippen LogP contribution in [0.2, 0.25) is 0 Å². The third-order valence-electron chi connectivity index (χ3n) is 13.5. The van der Waals surface area contributed by atoms with Crippen LogP contribution >= 0.6 is 0 Å². The van der Waals surface area contributed by atoms with Crippen LogP contribution < -0.4 is 0 Å². The van der Waals surface area contributed by atoms with Crippen LogP contribution in [0, 0.1) is 0 Å². The highest BCUT2D eigenvalue weighted by molar-refractivity contribution is 5.71. The van der Waals surface area contributed by atoms with Crippen LogP contribution in [0.4, 0.5) is 0 Å². The molecule has 0 amide bonds. The molecule has 0 fully saturated rings. The van der Waals surface area contributed by atoms with E-state index in [0.717, 1.165) is 128 Å². The van der Waals surface area contributed by atoms with Crippen LogP contribution in [0.15, 0.2) is 158 Å². The molecule has 456 valence electrons. The molecule has 6 heteroatoms. The normalized spacial score (nSPS) is 13.2.